The SMILES string of the molecule is NCC1CCC(C(=O)Nc2cc(F)cc([N+](=O)[O-])c2)CC1. The number of non-ortho nitro benzene ring substituents is 1. The maximum Gasteiger partial charge on any atom is 0.274 e. The molecule has 1 saturated carbocycles. The minimum Gasteiger partial charge on any atom is -0.330 e. The third-order valence-electron chi connectivity index (χ3n) is 3.91. The van der Waals surface area contributed by atoms with Gasteiger partial charge in [0.15, 0.2) is 0 Å². The van der Waals surface area contributed by atoms with E-state index in [1.54, 1.807) is 0 Å². The van der Waals surface area contributed by atoms with Crippen molar-refractivity contribution in [2.75, 3.05) is 11.9 Å². The number of nitro benzene ring substituents is 1. The standard InChI is InChI=1S/C14H18FN3O3/c15-11-5-12(7-13(6-11)18(20)21)17-14(19)10-3-1-9(8-16)2-4-10/h5-7,9-10H,1-4,8,16H2,(H,17,19). The molecule has 0 aromatic heterocycles. The molecule has 0 bridgehead atoms. The number of amides is 1. The molecule has 0 unspecified atom stereocenters. The fourth-order valence-corrected chi connectivity index (χ4v) is 2.66. The average Bonchev–Trinajstić information content (AvgIpc) is 2.46. The van der Waals surface area contributed by atoms with Gasteiger partial charge in [-0.15, -0.1) is 0 Å². The van der Waals surface area contributed by atoms with Gasteiger partial charge in [0.2, 0.25) is 5.91 Å². The molecule has 2 rings (SSSR count). The van der Waals surface area contributed by atoms with E-state index in [0.29, 0.717) is 12.5 Å². The van der Waals surface area contributed by atoms with Crippen molar-refractivity contribution < 1.29 is 14.1 Å². The van der Waals surface area contributed by atoms with Gasteiger partial charge in [0, 0.05) is 12.0 Å². The van der Waals surface area contributed by atoms with Crippen LogP contribution in [-0.2, 0) is 4.79 Å². The van der Waals surface area contributed by atoms with Crippen molar-refractivity contribution in [3.8, 4) is 0 Å². The zero-order chi connectivity index (χ0) is 15.4. The van der Waals surface area contributed by atoms with E-state index in [-0.39, 0.29) is 23.2 Å². The topological polar surface area (TPSA) is 98.3 Å². The molecule has 1 aliphatic rings. The highest BCUT2D eigenvalue weighted by Gasteiger charge is 2.26. The predicted octanol–water partition coefficient (Wildman–Crippen LogP) is 2.44. The molecule has 114 valence electrons. The first-order chi connectivity index (χ1) is 9.99. The largest absolute Gasteiger partial charge is 0.330 e. The summed E-state index contributed by atoms with van der Waals surface area (Å²) in [4.78, 5) is 22.1. The molecule has 0 aliphatic heterocycles. The summed E-state index contributed by atoms with van der Waals surface area (Å²) in [5.74, 6) is -0.642. The van der Waals surface area contributed by atoms with E-state index in [4.69, 9.17) is 5.73 Å². The molecule has 1 fully saturated rings. The van der Waals surface area contributed by atoms with Crippen molar-refractivity contribution in [3.05, 3.63) is 34.1 Å². The summed E-state index contributed by atoms with van der Waals surface area (Å²) in [7, 11) is 0. The Labute approximate surface area is 121 Å². The fourth-order valence-electron chi connectivity index (χ4n) is 2.66. The van der Waals surface area contributed by atoms with Crippen molar-refractivity contribution in [1.29, 1.82) is 0 Å². The summed E-state index contributed by atoms with van der Waals surface area (Å²) in [6.45, 7) is 0.629. The predicted molar refractivity (Wildman–Crippen MR) is 76.2 cm³/mol. The Bertz CT molecular complexity index is 542. The lowest BCUT2D eigenvalue weighted by Crippen LogP contribution is -2.29. The van der Waals surface area contributed by atoms with E-state index in [0.717, 1.165) is 43.9 Å². The molecule has 0 heterocycles. The normalized spacial score (nSPS) is 21.8. The second-order valence-electron chi connectivity index (χ2n) is 5.40. The first-order valence-electron chi connectivity index (χ1n) is 6.95. The summed E-state index contributed by atoms with van der Waals surface area (Å²) in [6, 6.07) is 3.06. The molecule has 21 heavy (non-hydrogen) atoms. The monoisotopic (exact) mass is 295 g/mol. The summed E-state index contributed by atoms with van der Waals surface area (Å²) in [5, 5.41) is 13.2. The number of nitrogens with two attached hydrogens (primary N) is 1. The molecule has 0 spiro atoms. The van der Waals surface area contributed by atoms with Crippen LogP contribution in [0, 0.1) is 27.8 Å². The van der Waals surface area contributed by atoms with Crippen molar-refractivity contribution in [3.63, 3.8) is 0 Å². The molecule has 1 aromatic carbocycles. The van der Waals surface area contributed by atoms with Gasteiger partial charge in [0.05, 0.1) is 16.7 Å². The highest BCUT2D eigenvalue weighted by molar-refractivity contribution is 5.92. The lowest BCUT2D eigenvalue weighted by Gasteiger charge is -2.26. The second-order valence-corrected chi connectivity index (χ2v) is 5.40. The quantitative estimate of drug-likeness (QED) is 0.658. The summed E-state index contributed by atoms with van der Waals surface area (Å²) >= 11 is 0. The Morgan fingerprint density at radius 1 is 1.33 bits per heavy atom. The third-order valence-corrected chi connectivity index (χ3v) is 3.91. The van der Waals surface area contributed by atoms with Crippen molar-refractivity contribution in [1.82, 2.24) is 0 Å². The number of halogens is 1. The number of hydrogen-bond donors (Lipinski definition) is 2. The van der Waals surface area contributed by atoms with Crippen LogP contribution < -0.4 is 11.1 Å². The molecule has 6 nitrogen and oxygen atoms in total. The summed E-state index contributed by atoms with van der Waals surface area (Å²) in [6.07, 6.45) is 3.28. The van der Waals surface area contributed by atoms with Crippen LogP contribution in [-0.4, -0.2) is 17.4 Å². The molecule has 1 aliphatic carbocycles. The van der Waals surface area contributed by atoms with Gasteiger partial charge in [-0.1, -0.05) is 0 Å². The molecule has 0 saturated heterocycles. The van der Waals surface area contributed by atoms with Crippen LogP contribution in [0.15, 0.2) is 18.2 Å². The van der Waals surface area contributed by atoms with Crippen LogP contribution in [0.3, 0.4) is 0 Å². The molecular formula is C14H18FN3O3. The van der Waals surface area contributed by atoms with Crippen molar-refractivity contribution in [2.24, 2.45) is 17.6 Å². The number of carbonyl (C=O) groups is 1. The van der Waals surface area contributed by atoms with Gasteiger partial charge < -0.3 is 11.1 Å². The van der Waals surface area contributed by atoms with Gasteiger partial charge in [-0.2, -0.15) is 0 Å². The molecule has 7 heteroatoms. The first kappa shape index (κ1) is 15.4. The number of rotatable bonds is 4. The minimum absolute atomic E-state index is 0.118. The minimum atomic E-state index is -0.744. The first-order valence-corrected chi connectivity index (χ1v) is 6.95. The number of nitro groups is 1. The van der Waals surface area contributed by atoms with E-state index in [2.05, 4.69) is 5.32 Å². The molecule has 3 N–H and O–H groups in total. The molecule has 0 radical (unpaired) electrons. The van der Waals surface area contributed by atoms with Gasteiger partial charge in [-0.3, -0.25) is 14.9 Å². The number of hydrogen-bond acceptors (Lipinski definition) is 4. The smallest absolute Gasteiger partial charge is 0.274 e. The molecule has 1 amide bonds. The number of nitrogens with one attached hydrogen (secondary N) is 1. The second kappa shape index (κ2) is 6.62. The zero-order valence-electron chi connectivity index (χ0n) is 11.5. The van der Waals surface area contributed by atoms with E-state index in [1.807, 2.05) is 0 Å². The van der Waals surface area contributed by atoms with Gasteiger partial charge >= 0.3 is 0 Å². The Morgan fingerprint density at radius 3 is 2.57 bits per heavy atom. The Balaban J connectivity index is 2.01. The van der Waals surface area contributed by atoms with Crippen LogP contribution in [0.25, 0.3) is 0 Å². The van der Waals surface area contributed by atoms with Crippen LogP contribution in [0.4, 0.5) is 15.8 Å². The van der Waals surface area contributed by atoms with Gasteiger partial charge in [-0.05, 0) is 44.2 Å². The number of anilines is 1. The van der Waals surface area contributed by atoms with Crippen LogP contribution in [0.1, 0.15) is 25.7 Å². The van der Waals surface area contributed by atoms with Crippen molar-refractivity contribution in [2.45, 2.75) is 25.7 Å². The molecular weight excluding hydrogens is 277 g/mol. The van der Waals surface area contributed by atoms with Gasteiger partial charge in [-0.25, -0.2) is 4.39 Å². The Hall–Kier alpha value is -2.02. The van der Waals surface area contributed by atoms with E-state index >= 15 is 0 Å². The Kier molecular flexibility index (Phi) is 4.85. The average molecular weight is 295 g/mol. The highest BCUT2D eigenvalue weighted by Crippen LogP contribution is 2.29. The summed E-state index contributed by atoms with van der Waals surface area (Å²) < 4.78 is 13.3. The fraction of sp³-hybridized carbons (Fsp3) is 0.500. The lowest BCUT2D eigenvalue weighted by molar-refractivity contribution is -0.385. The third kappa shape index (κ3) is 3.98. The zero-order valence-corrected chi connectivity index (χ0v) is 11.5. The number of carbonyl (C=O) groups excluding carboxylic acids is 1. The molecule has 0 atom stereocenters. The Morgan fingerprint density at radius 2 is 2.00 bits per heavy atom. The van der Waals surface area contributed by atoms with E-state index < -0.39 is 10.7 Å². The maximum atomic E-state index is 13.3. The maximum absolute atomic E-state index is 13.3. The van der Waals surface area contributed by atoms with E-state index in [9.17, 15) is 19.3 Å². The highest BCUT2D eigenvalue weighted by atomic mass is 19.1. The number of nitrogens with zero attached hydrogens (tertiary/aromatic N) is 1. The number of benzene rings is 1. The van der Waals surface area contributed by atoms with Gasteiger partial charge in [0.25, 0.3) is 5.69 Å². The molecule has 1 aromatic rings. The summed E-state index contributed by atoms with van der Waals surface area (Å²) in [5.41, 5.74) is 5.34. The van der Waals surface area contributed by atoms with Crippen LogP contribution in [0.2, 0.25) is 0 Å². The van der Waals surface area contributed by atoms with Crippen molar-refractivity contribution >= 4 is 17.3 Å². The van der Waals surface area contributed by atoms with Crippen LogP contribution in [0.5, 0.6) is 0 Å². The van der Waals surface area contributed by atoms with Crippen LogP contribution >= 0.6 is 0 Å². The lowest BCUT2D eigenvalue weighted by atomic mass is 9.81. The van der Waals surface area contributed by atoms with E-state index in [1.165, 1.54) is 0 Å². The van der Waals surface area contributed by atoms with Gasteiger partial charge in [0.1, 0.15) is 5.82 Å².